The molecule has 0 unspecified atom stereocenters. The number of ether oxygens (including phenoxy) is 1. The Balaban J connectivity index is 0. The molecule has 0 fully saturated rings. The van der Waals surface area contributed by atoms with Gasteiger partial charge in [0.1, 0.15) is 6.61 Å². The third kappa shape index (κ3) is 7.24. The number of carbonyl (C=O) groups excluding carboxylic acids is 1. The SMILES string of the molecule is C=C(C)C(=O)OCCN(C)C.O. The van der Waals surface area contributed by atoms with Crippen molar-refractivity contribution in [2.24, 2.45) is 0 Å². The lowest BCUT2D eigenvalue weighted by atomic mass is 10.4. The first-order chi connectivity index (χ1) is 5.04. The molecule has 0 bridgehead atoms. The minimum absolute atomic E-state index is 0. The number of carbonyl (C=O) groups is 1. The Hall–Kier alpha value is -0.870. The number of esters is 1. The highest BCUT2D eigenvalue weighted by Gasteiger charge is 2.01. The van der Waals surface area contributed by atoms with E-state index in [2.05, 4.69) is 6.58 Å². The summed E-state index contributed by atoms with van der Waals surface area (Å²) in [5.41, 5.74) is 0.448. The molecule has 0 amide bonds. The summed E-state index contributed by atoms with van der Waals surface area (Å²) in [4.78, 5) is 12.7. The minimum atomic E-state index is -0.313. The molecule has 0 aliphatic heterocycles. The van der Waals surface area contributed by atoms with Gasteiger partial charge in [0.25, 0.3) is 0 Å². The van der Waals surface area contributed by atoms with E-state index in [0.717, 1.165) is 6.54 Å². The molecule has 72 valence electrons. The Labute approximate surface area is 73.1 Å². The maximum absolute atomic E-state index is 10.8. The smallest absolute Gasteiger partial charge is 0.333 e. The molecule has 4 heteroatoms. The van der Waals surface area contributed by atoms with Gasteiger partial charge in [-0.1, -0.05) is 6.58 Å². The van der Waals surface area contributed by atoms with Gasteiger partial charge in [0.05, 0.1) is 0 Å². The van der Waals surface area contributed by atoms with E-state index in [4.69, 9.17) is 4.74 Å². The average molecular weight is 175 g/mol. The molecule has 0 saturated heterocycles. The van der Waals surface area contributed by atoms with E-state index < -0.39 is 0 Å². The lowest BCUT2D eigenvalue weighted by Gasteiger charge is -2.09. The van der Waals surface area contributed by atoms with Crippen LogP contribution in [-0.2, 0) is 9.53 Å². The van der Waals surface area contributed by atoms with Crippen molar-refractivity contribution >= 4 is 5.97 Å². The van der Waals surface area contributed by atoms with Gasteiger partial charge in [0.15, 0.2) is 0 Å². The molecule has 0 atom stereocenters. The van der Waals surface area contributed by atoms with Crippen molar-refractivity contribution in [2.45, 2.75) is 6.92 Å². The van der Waals surface area contributed by atoms with Crippen molar-refractivity contribution in [2.75, 3.05) is 27.2 Å². The van der Waals surface area contributed by atoms with E-state index in [1.54, 1.807) is 6.92 Å². The highest BCUT2D eigenvalue weighted by molar-refractivity contribution is 5.86. The number of rotatable bonds is 4. The van der Waals surface area contributed by atoms with Crippen LogP contribution in [0.5, 0.6) is 0 Å². The van der Waals surface area contributed by atoms with Crippen LogP contribution >= 0.6 is 0 Å². The fourth-order valence-corrected chi connectivity index (χ4v) is 0.444. The summed E-state index contributed by atoms with van der Waals surface area (Å²) in [7, 11) is 3.85. The van der Waals surface area contributed by atoms with Crippen LogP contribution in [0.15, 0.2) is 12.2 Å². The third-order valence-electron chi connectivity index (χ3n) is 1.12. The van der Waals surface area contributed by atoms with Gasteiger partial charge in [0, 0.05) is 12.1 Å². The van der Waals surface area contributed by atoms with Gasteiger partial charge < -0.3 is 15.1 Å². The van der Waals surface area contributed by atoms with Crippen molar-refractivity contribution in [3.8, 4) is 0 Å². The standard InChI is InChI=1S/C8H15NO2.H2O/c1-7(2)8(10)11-6-5-9(3)4;/h1,5-6H2,2-4H3;1H2. The van der Waals surface area contributed by atoms with Crippen LogP contribution in [0.4, 0.5) is 0 Å². The summed E-state index contributed by atoms with van der Waals surface area (Å²) >= 11 is 0. The fraction of sp³-hybridized carbons (Fsp3) is 0.625. The fourth-order valence-electron chi connectivity index (χ4n) is 0.444. The van der Waals surface area contributed by atoms with E-state index in [1.807, 2.05) is 19.0 Å². The van der Waals surface area contributed by atoms with Crippen molar-refractivity contribution < 1.29 is 15.0 Å². The van der Waals surface area contributed by atoms with E-state index in [9.17, 15) is 4.79 Å². The monoisotopic (exact) mass is 175 g/mol. The zero-order chi connectivity index (χ0) is 8.85. The highest BCUT2D eigenvalue weighted by atomic mass is 16.5. The van der Waals surface area contributed by atoms with Gasteiger partial charge >= 0.3 is 5.97 Å². The van der Waals surface area contributed by atoms with Crippen LogP contribution in [0.2, 0.25) is 0 Å². The molecule has 12 heavy (non-hydrogen) atoms. The molecule has 0 aliphatic carbocycles. The van der Waals surface area contributed by atoms with Crippen molar-refractivity contribution in [1.29, 1.82) is 0 Å². The Bertz CT molecular complexity index is 154. The maximum Gasteiger partial charge on any atom is 0.333 e. The van der Waals surface area contributed by atoms with Gasteiger partial charge in [-0.2, -0.15) is 0 Å². The molecule has 2 N–H and O–H groups in total. The normalized spacial score (nSPS) is 9.00. The Kier molecular flexibility index (Phi) is 7.78. The summed E-state index contributed by atoms with van der Waals surface area (Å²) in [6, 6.07) is 0. The predicted molar refractivity (Wildman–Crippen MR) is 47.9 cm³/mol. The molecular formula is C8H17NO3. The van der Waals surface area contributed by atoms with Crippen LogP contribution in [0.3, 0.4) is 0 Å². The van der Waals surface area contributed by atoms with Gasteiger partial charge in [0.2, 0.25) is 0 Å². The number of hydrogen-bond donors (Lipinski definition) is 0. The second kappa shape index (κ2) is 6.82. The zero-order valence-electron chi connectivity index (χ0n) is 7.89. The molecular weight excluding hydrogens is 158 g/mol. The van der Waals surface area contributed by atoms with Crippen LogP contribution in [-0.4, -0.2) is 43.6 Å². The Morgan fingerprint density at radius 2 is 2.00 bits per heavy atom. The molecule has 0 aliphatic rings. The van der Waals surface area contributed by atoms with Crippen LogP contribution in [0.25, 0.3) is 0 Å². The van der Waals surface area contributed by atoms with Crippen molar-refractivity contribution in [1.82, 2.24) is 4.90 Å². The second-order valence-electron chi connectivity index (χ2n) is 2.72. The minimum Gasteiger partial charge on any atom is -0.461 e. The summed E-state index contributed by atoms with van der Waals surface area (Å²) in [6.45, 7) is 6.28. The molecule has 0 heterocycles. The molecule has 4 nitrogen and oxygen atoms in total. The third-order valence-corrected chi connectivity index (χ3v) is 1.12. The maximum atomic E-state index is 10.8. The molecule has 0 radical (unpaired) electrons. The van der Waals surface area contributed by atoms with Gasteiger partial charge in [-0.05, 0) is 21.0 Å². The van der Waals surface area contributed by atoms with E-state index in [-0.39, 0.29) is 11.4 Å². The van der Waals surface area contributed by atoms with Gasteiger partial charge in [-0.3, -0.25) is 0 Å². The molecule has 0 rings (SSSR count). The van der Waals surface area contributed by atoms with Crippen molar-refractivity contribution in [3.63, 3.8) is 0 Å². The average Bonchev–Trinajstić information content (AvgIpc) is 1.86. The van der Waals surface area contributed by atoms with E-state index >= 15 is 0 Å². The van der Waals surface area contributed by atoms with Gasteiger partial charge in [-0.15, -0.1) is 0 Å². The van der Waals surface area contributed by atoms with E-state index in [1.165, 1.54) is 0 Å². The second-order valence-corrected chi connectivity index (χ2v) is 2.72. The Morgan fingerprint density at radius 3 is 2.33 bits per heavy atom. The topological polar surface area (TPSA) is 61.0 Å². The number of nitrogens with zero attached hydrogens (tertiary/aromatic N) is 1. The summed E-state index contributed by atoms with van der Waals surface area (Å²) in [5.74, 6) is -0.313. The van der Waals surface area contributed by atoms with Crippen LogP contribution in [0, 0.1) is 0 Å². The van der Waals surface area contributed by atoms with Gasteiger partial charge in [-0.25, -0.2) is 4.79 Å². The van der Waals surface area contributed by atoms with Crippen LogP contribution in [0.1, 0.15) is 6.92 Å². The highest BCUT2D eigenvalue weighted by Crippen LogP contribution is 1.91. The first kappa shape index (κ1) is 13.7. The number of hydrogen-bond acceptors (Lipinski definition) is 3. The van der Waals surface area contributed by atoms with Crippen molar-refractivity contribution in [3.05, 3.63) is 12.2 Å². The molecule has 0 aromatic rings. The molecule has 0 aromatic carbocycles. The summed E-state index contributed by atoms with van der Waals surface area (Å²) < 4.78 is 4.83. The summed E-state index contributed by atoms with van der Waals surface area (Å²) in [6.07, 6.45) is 0. The largest absolute Gasteiger partial charge is 0.461 e. The first-order valence-corrected chi connectivity index (χ1v) is 3.51. The quantitative estimate of drug-likeness (QED) is 0.440. The molecule has 0 aromatic heterocycles. The zero-order valence-corrected chi connectivity index (χ0v) is 7.89. The Morgan fingerprint density at radius 1 is 1.50 bits per heavy atom. The predicted octanol–water partition coefficient (Wildman–Crippen LogP) is -0.157. The number of likely N-dealkylation sites (N-methyl/N-ethyl adjacent to an activating group) is 1. The molecule has 0 spiro atoms. The first-order valence-electron chi connectivity index (χ1n) is 3.51. The lowest BCUT2D eigenvalue weighted by Crippen LogP contribution is -2.20. The van der Waals surface area contributed by atoms with E-state index in [0.29, 0.717) is 12.2 Å². The van der Waals surface area contributed by atoms with Crippen LogP contribution < -0.4 is 0 Å². The summed E-state index contributed by atoms with van der Waals surface area (Å²) in [5, 5.41) is 0. The lowest BCUT2D eigenvalue weighted by molar-refractivity contribution is -0.139. The molecule has 0 saturated carbocycles.